The molecule has 5 rings (SSSR count). The third-order valence-corrected chi connectivity index (χ3v) is 13.0. The lowest BCUT2D eigenvalue weighted by atomic mass is 10.0. The van der Waals surface area contributed by atoms with E-state index in [1.54, 1.807) is 86.6 Å². The number of hydrogen-bond donors (Lipinski definition) is 7. The predicted molar refractivity (Wildman–Crippen MR) is 285 cm³/mol. The van der Waals surface area contributed by atoms with Crippen LogP contribution in [0.3, 0.4) is 0 Å². The van der Waals surface area contributed by atoms with Crippen molar-refractivity contribution in [2.24, 2.45) is 5.92 Å². The van der Waals surface area contributed by atoms with E-state index in [4.69, 9.17) is 41.1 Å². The lowest BCUT2D eigenvalue weighted by molar-refractivity contribution is -0.141. The number of likely N-dealkylation sites (tertiary alicyclic amines) is 1. The van der Waals surface area contributed by atoms with Crippen LogP contribution in [0.15, 0.2) is 84.9 Å². The highest BCUT2D eigenvalue weighted by molar-refractivity contribution is 7.99. The third kappa shape index (κ3) is 23.8. The summed E-state index contributed by atoms with van der Waals surface area (Å²) in [6, 6.07) is 17.2. The first-order valence-electron chi connectivity index (χ1n) is 25.0. The number of benzene rings is 3. The van der Waals surface area contributed by atoms with E-state index in [1.807, 2.05) is 12.1 Å². The van der Waals surface area contributed by atoms with Gasteiger partial charge in [0.15, 0.2) is 17.3 Å². The maximum atomic E-state index is 12.6. The fourth-order valence-electron chi connectivity index (χ4n) is 7.47. The maximum absolute atomic E-state index is 12.6. The zero-order chi connectivity index (χ0) is 60.9. The van der Waals surface area contributed by atoms with Crippen LogP contribution in [0.4, 0.5) is 27.6 Å². The average molecular weight is 1200 g/mol. The van der Waals surface area contributed by atoms with Gasteiger partial charge in [-0.2, -0.15) is 0 Å². The lowest BCUT2D eigenvalue weighted by Gasteiger charge is -2.25. The van der Waals surface area contributed by atoms with E-state index in [0.717, 1.165) is 11.1 Å². The molecule has 446 valence electrons. The Balaban J connectivity index is 0.000000323. The van der Waals surface area contributed by atoms with E-state index in [2.05, 4.69) is 21.3 Å². The molecular weight excluding hydrogens is 1130 g/mol. The minimum Gasteiger partial charge on any atom is -0.481 e. The molecule has 0 radical (unpaired) electrons. The second-order valence-corrected chi connectivity index (χ2v) is 19.7. The molecule has 2 heterocycles. The number of ether oxygens (including phenoxy) is 3. The van der Waals surface area contributed by atoms with Crippen LogP contribution in [-0.4, -0.2) is 171 Å². The van der Waals surface area contributed by atoms with Crippen molar-refractivity contribution < 1.29 is 100 Å². The predicted octanol–water partition coefficient (Wildman–Crippen LogP) is 4.57. The Kier molecular flexibility index (Phi) is 29.4. The number of aliphatic carboxylic acids is 3. The summed E-state index contributed by atoms with van der Waals surface area (Å²) in [5.41, 5.74) is 2.26. The molecule has 3 aromatic rings. The molecule has 6 atom stereocenters. The summed E-state index contributed by atoms with van der Waals surface area (Å²) in [6.45, 7) is -0.597. The van der Waals surface area contributed by atoms with Gasteiger partial charge in [-0.3, -0.25) is 53.0 Å². The van der Waals surface area contributed by atoms with Crippen molar-refractivity contribution in [2.75, 3.05) is 38.2 Å². The molecule has 0 bridgehead atoms. The van der Waals surface area contributed by atoms with Gasteiger partial charge in [-0.1, -0.05) is 98.2 Å². The molecule has 82 heavy (non-hydrogen) atoms. The van der Waals surface area contributed by atoms with Crippen molar-refractivity contribution in [1.82, 2.24) is 31.1 Å². The normalized spacial score (nSPS) is 15.7. The van der Waals surface area contributed by atoms with Crippen molar-refractivity contribution >= 4 is 94.6 Å². The summed E-state index contributed by atoms with van der Waals surface area (Å²) in [5, 5.41) is 36.0. The lowest BCUT2D eigenvalue weighted by Crippen LogP contribution is -2.54. The van der Waals surface area contributed by atoms with Gasteiger partial charge in [0, 0.05) is 17.3 Å². The van der Waals surface area contributed by atoms with Gasteiger partial charge >= 0.3 is 36.2 Å². The van der Waals surface area contributed by atoms with E-state index < -0.39 is 153 Å². The first-order valence-corrected chi connectivity index (χ1v) is 26.5. The number of carboxylic acid groups (broad SMARTS) is 3. The first kappa shape index (κ1) is 68.0. The molecule has 24 nitrogen and oxygen atoms in total. The topological polar surface area (TPSA) is 348 Å². The molecule has 29 heteroatoms. The van der Waals surface area contributed by atoms with Crippen LogP contribution >= 0.6 is 23.4 Å². The highest BCUT2D eigenvalue weighted by Crippen LogP contribution is 2.23. The highest BCUT2D eigenvalue weighted by Gasteiger charge is 2.39. The number of carbonyl (C=O) groups excluding carboxylic acids is 9. The molecule has 3 aromatic carbocycles. The number of nitrogens with one attached hydrogen (secondary N) is 4. The molecule has 2 fully saturated rings. The number of carbonyl (C=O) groups is 12. The van der Waals surface area contributed by atoms with Gasteiger partial charge in [0.2, 0.25) is 17.7 Å². The van der Waals surface area contributed by atoms with E-state index in [-0.39, 0.29) is 31.5 Å². The summed E-state index contributed by atoms with van der Waals surface area (Å²) in [7, 11) is 0. The minimum atomic E-state index is -1.52. The van der Waals surface area contributed by atoms with Crippen molar-refractivity contribution in [1.29, 1.82) is 0 Å². The third-order valence-electron chi connectivity index (χ3n) is 11.8. The fourth-order valence-corrected chi connectivity index (χ4v) is 8.74. The van der Waals surface area contributed by atoms with Crippen LogP contribution in [0.2, 0.25) is 5.02 Å². The van der Waals surface area contributed by atoms with Crippen molar-refractivity contribution in [3.63, 3.8) is 0 Å². The Morgan fingerprint density at radius 1 is 0.573 bits per heavy atom. The largest absolute Gasteiger partial charge is 0.481 e. The van der Waals surface area contributed by atoms with Crippen molar-refractivity contribution in [2.45, 2.75) is 102 Å². The molecule has 6 amide bonds. The first-order chi connectivity index (χ1) is 39.0. The number of alkyl halides is 3. The molecule has 5 unspecified atom stereocenters. The zero-order valence-corrected chi connectivity index (χ0v) is 45.9. The molecule has 2 aliphatic rings. The quantitative estimate of drug-likeness (QED) is 0.0541. The summed E-state index contributed by atoms with van der Waals surface area (Å²) in [4.78, 5) is 143. The standard InChI is InChI=1S/C18H22ClFN2O6.C18H21FN2O6.C17H19FN2O6S/c1-10(2)16(17(26)21-13(7-15(24)25)14(23)8-20)22-18(27)28-9-11-3-5-12(19)6-4-11;19-10-15(22)13(9-16(23)24)20-17(25)14-7-4-8-21(14)18(26)27-11-12-5-2-1-3-6-12;18-7-14(21)12(6-15(22)23)19-16(24)13-9-27-10-20(13)17(25)26-8-11-4-2-1-3-5-11/h3-6,10,13,16H,7-9H2,1-2H3,(H,21,26)(H,22,27)(H,24,25);1-3,5-6,13-14H,4,7-11H2,(H,20,25)(H,23,24);1-5,12-13H,6-10H2,(H,19,24)(H,22,23)/t13?,16-;;/m0../s1. The number of carboxylic acids is 3. The van der Waals surface area contributed by atoms with Crippen molar-refractivity contribution in [3.05, 3.63) is 107 Å². The van der Waals surface area contributed by atoms with E-state index >= 15 is 0 Å². The van der Waals surface area contributed by atoms with Gasteiger partial charge in [0.05, 0.1) is 25.1 Å². The Morgan fingerprint density at radius 2 is 0.988 bits per heavy atom. The van der Waals surface area contributed by atoms with Gasteiger partial charge in [-0.05, 0) is 47.6 Å². The second kappa shape index (κ2) is 35.5. The number of hydrogen-bond acceptors (Lipinski definition) is 16. The molecule has 0 aliphatic carbocycles. The summed E-state index contributed by atoms with van der Waals surface area (Å²) in [6.07, 6.45) is -3.57. The Labute approximate surface area is 477 Å². The number of amides is 6. The summed E-state index contributed by atoms with van der Waals surface area (Å²) in [5.74, 6) is -9.34. The SMILES string of the molecule is CC(C)[C@H](NC(=O)OCc1ccc(Cl)cc1)C(=O)NC(CC(=O)O)C(=O)CF.O=C(O)CC(NC(=O)C1CCCN1C(=O)OCc1ccccc1)C(=O)CF.O=C(O)CC(NC(=O)C1CSCN1C(=O)OCc1ccccc1)C(=O)CF. The minimum absolute atomic E-state index is 0.0388. The molecule has 7 N–H and O–H groups in total. The second-order valence-electron chi connectivity index (χ2n) is 18.3. The summed E-state index contributed by atoms with van der Waals surface area (Å²) >= 11 is 7.08. The highest BCUT2D eigenvalue weighted by atomic mass is 35.5. The van der Waals surface area contributed by atoms with Crippen molar-refractivity contribution in [3.8, 4) is 0 Å². The molecule has 0 aromatic heterocycles. The van der Waals surface area contributed by atoms with Crippen LogP contribution in [0.25, 0.3) is 0 Å². The van der Waals surface area contributed by atoms with Crippen LogP contribution < -0.4 is 21.3 Å². The Bertz CT molecular complexity index is 2560. The molecule has 0 saturated carbocycles. The van der Waals surface area contributed by atoms with E-state index in [0.29, 0.717) is 30.0 Å². The van der Waals surface area contributed by atoms with E-state index in [1.165, 1.54) is 21.6 Å². The number of halogens is 4. The van der Waals surface area contributed by atoms with Gasteiger partial charge in [0.1, 0.15) is 76.1 Å². The van der Waals surface area contributed by atoms with Crippen LogP contribution in [0.1, 0.15) is 62.6 Å². The summed E-state index contributed by atoms with van der Waals surface area (Å²) < 4.78 is 53.3. The molecule has 0 spiro atoms. The Morgan fingerprint density at radius 3 is 1.43 bits per heavy atom. The molecule has 2 saturated heterocycles. The van der Waals surface area contributed by atoms with Crippen LogP contribution in [0, 0.1) is 5.92 Å². The van der Waals surface area contributed by atoms with Gasteiger partial charge in [-0.25, -0.2) is 27.6 Å². The molecule has 2 aliphatic heterocycles. The molecular formula is C53H62ClF3N6O18S. The Hall–Kier alpha value is -8.27. The van der Waals surface area contributed by atoms with Gasteiger partial charge < -0.3 is 50.8 Å². The smallest absolute Gasteiger partial charge is 0.411 e. The number of rotatable bonds is 26. The van der Waals surface area contributed by atoms with Gasteiger partial charge in [-0.15, -0.1) is 11.8 Å². The zero-order valence-electron chi connectivity index (χ0n) is 44.3. The number of Topliss-reactive ketones (excluding diaryl/α,β-unsaturated/α-hetero) is 3. The number of ketones is 3. The van der Waals surface area contributed by atoms with E-state index in [9.17, 15) is 70.7 Å². The van der Waals surface area contributed by atoms with Crippen LogP contribution in [0.5, 0.6) is 0 Å². The van der Waals surface area contributed by atoms with Crippen LogP contribution in [-0.2, 0) is 77.2 Å². The number of thioether (sulfide) groups is 1. The number of nitrogens with zero attached hydrogens (tertiary/aromatic N) is 2. The van der Waals surface area contributed by atoms with Gasteiger partial charge in [0.25, 0.3) is 0 Å². The maximum Gasteiger partial charge on any atom is 0.411 e. The monoisotopic (exact) mass is 1190 g/mol. The fraction of sp³-hybridized carbons (Fsp3) is 0.434. The average Bonchev–Trinajstić information content (AvgIpc) is 4.20. The number of alkyl carbamates (subject to hydrolysis) is 1.